The normalized spacial score (nSPS) is 20.9. The van der Waals surface area contributed by atoms with Crippen LogP contribution in [0.3, 0.4) is 0 Å². The number of nitrogens with zero attached hydrogens (tertiary/aromatic N) is 2. The van der Waals surface area contributed by atoms with Gasteiger partial charge in [-0.15, -0.1) is 0 Å². The first-order valence-corrected chi connectivity index (χ1v) is 7.98. The molecule has 1 aromatic carbocycles. The van der Waals surface area contributed by atoms with E-state index in [4.69, 9.17) is 4.74 Å². The molecule has 1 fully saturated rings. The molecule has 2 unspecified atom stereocenters. The quantitative estimate of drug-likeness (QED) is 0.888. The second-order valence-electron chi connectivity index (χ2n) is 5.69. The minimum Gasteiger partial charge on any atom is -0.373 e. The van der Waals surface area contributed by atoms with Gasteiger partial charge in [-0.25, -0.2) is 9.78 Å². The van der Waals surface area contributed by atoms with Gasteiger partial charge < -0.3 is 19.9 Å². The molecule has 2 amide bonds. The van der Waals surface area contributed by atoms with Crippen LogP contribution in [0, 0.1) is 0 Å². The molecule has 1 aliphatic heterocycles. The van der Waals surface area contributed by atoms with E-state index in [0.29, 0.717) is 19.7 Å². The van der Waals surface area contributed by atoms with Gasteiger partial charge in [0.2, 0.25) is 0 Å². The van der Waals surface area contributed by atoms with Crippen LogP contribution in [0.25, 0.3) is 0 Å². The molecule has 0 aliphatic carbocycles. The van der Waals surface area contributed by atoms with E-state index in [1.165, 1.54) is 5.56 Å². The summed E-state index contributed by atoms with van der Waals surface area (Å²) < 4.78 is 7.75. The molecule has 2 N–H and O–H groups in total. The summed E-state index contributed by atoms with van der Waals surface area (Å²) in [5.41, 5.74) is 1.17. The number of carbonyl (C=O) groups excluding carboxylic acids is 1. The molecule has 1 aliphatic rings. The molecule has 0 spiro atoms. The van der Waals surface area contributed by atoms with E-state index in [9.17, 15) is 4.79 Å². The molecular weight excluding hydrogens is 292 g/mol. The zero-order valence-electron chi connectivity index (χ0n) is 13.0. The van der Waals surface area contributed by atoms with Crippen molar-refractivity contribution in [3.63, 3.8) is 0 Å². The van der Waals surface area contributed by atoms with Crippen LogP contribution in [-0.4, -0.2) is 34.8 Å². The Morgan fingerprint density at radius 2 is 2.22 bits per heavy atom. The molecule has 1 aromatic heterocycles. The summed E-state index contributed by atoms with van der Waals surface area (Å²) >= 11 is 0. The predicted octanol–water partition coefficient (Wildman–Crippen LogP) is 2.10. The number of rotatable bonds is 5. The van der Waals surface area contributed by atoms with Gasteiger partial charge >= 0.3 is 6.03 Å². The second kappa shape index (κ2) is 7.78. The van der Waals surface area contributed by atoms with Gasteiger partial charge in [-0.05, 0) is 18.4 Å². The molecule has 6 heteroatoms. The van der Waals surface area contributed by atoms with Crippen molar-refractivity contribution in [1.29, 1.82) is 0 Å². The van der Waals surface area contributed by atoms with E-state index in [1.54, 1.807) is 12.5 Å². The zero-order chi connectivity index (χ0) is 15.9. The highest BCUT2D eigenvalue weighted by molar-refractivity contribution is 5.74. The summed E-state index contributed by atoms with van der Waals surface area (Å²) in [6, 6.07) is 10.2. The maximum absolute atomic E-state index is 12.0. The van der Waals surface area contributed by atoms with E-state index < -0.39 is 0 Å². The lowest BCUT2D eigenvalue weighted by Crippen LogP contribution is -2.45. The summed E-state index contributed by atoms with van der Waals surface area (Å²) in [6.45, 7) is 1.96. The number of hydrogen-bond donors (Lipinski definition) is 2. The van der Waals surface area contributed by atoms with Crippen LogP contribution in [0.2, 0.25) is 0 Å². The van der Waals surface area contributed by atoms with Crippen LogP contribution in [0.1, 0.15) is 24.5 Å². The van der Waals surface area contributed by atoms with E-state index in [0.717, 1.165) is 12.8 Å². The van der Waals surface area contributed by atoms with Gasteiger partial charge in [0, 0.05) is 38.1 Å². The number of imidazole rings is 1. The topological polar surface area (TPSA) is 68.2 Å². The van der Waals surface area contributed by atoms with E-state index >= 15 is 0 Å². The lowest BCUT2D eigenvalue weighted by Gasteiger charge is -2.30. The number of benzene rings is 1. The number of hydrogen-bond acceptors (Lipinski definition) is 3. The fourth-order valence-corrected chi connectivity index (χ4v) is 2.78. The van der Waals surface area contributed by atoms with Crippen molar-refractivity contribution in [3.8, 4) is 0 Å². The number of aromatic nitrogens is 2. The average molecular weight is 314 g/mol. The average Bonchev–Trinajstić information content (AvgIpc) is 3.09. The molecule has 3 rings (SSSR count). The number of ether oxygens (including phenoxy) is 1. The molecule has 0 saturated carbocycles. The van der Waals surface area contributed by atoms with E-state index in [1.807, 2.05) is 29.0 Å². The van der Waals surface area contributed by atoms with E-state index in [-0.39, 0.29) is 18.2 Å². The van der Waals surface area contributed by atoms with Gasteiger partial charge in [0.1, 0.15) is 0 Å². The number of carbonyl (C=O) groups is 1. The molecule has 2 aromatic rings. The first-order chi connectivity index (χ1) is 11.3. The lowest BCUT2D eigenvalue weighted by molar-refractivity contribution is 0.00226. The molecular formula is C17H22N4O2. The van der Waals surface area contributed by atoms with Crippen LogP contribution in [0.15, 0.2) is 49.1 Å². The smallest absolute Gasteiger partial charge is 0.315 e. The summed E-state index contributed by atoms with van der Waals surface area (Å²) in [4.78, 5) is 16.0. The maximum atomic E-state index is 12.0. The minimum absolute atomic E-state index is 0.0567. The third kappa shape index (κ3) is 4.56. The van der Waals surface area contributed by atoms with Gasteiger partial charge in [0.05, 0.1) is 12.4 Å². The van der Waals surface area contributed by atoms with Crippen molar-refractivity contribution in [2.75, 3.05) is 13.2 Å². The van der Waals surface area contributed by atoms with Gasteiger partial charge in [0.15, 0.2) is 0 Å². The minimum atomic E-state index is -0.121. The first kappa shape index (κ1) is 15.6. The number of urea groups is 1. The molecule has 122 valence electrons. The number of nitrogens with one attached hydrogen (secondary N) is 2. The standard InChI is InChI=1S/C17H22N4O2/c22-17(19-8-10-21-9-7-18-13-21)20-15-6-11-23-16(12-15)14-4-2-1-3-5-14/h1-5,7,9,13,15-16H,6,8,10-12H2,(H2,19,20,22). The molecule has 0 radical (unpaired) electrons. The molecule has 1 saturated heterocycles. The summed E-state index contributed by atoms with van der Waals surface area (Å²) in [6.07, 6.45) is 7.05. The Morgan fingerprint density at radius 3 is 3.00 bits per heavy atom. The monoisotopic (exact) mass is 314 g/mol. The van der Waals surface area contributed by atoms with Crippen molar-refractivity contribution >= 4 is 6.03 Å². The van der Waals surface area contributed by atoms with Crippen molar-refractivity contribution in [2.24, 2.45) is 0 Å². The number of amides is 2. The van der Waals surface area contributed by atoms with Crippen LogP contribution >= 0.6 is 0 Å². The Bertz CT molecular complexity index is 600. The van der Waals surface area contributed by atoms with Gasteiger partial charge in [-0.2, -0.15) is 0 Å². The van der Waals surface area contributed by atoms with Crippen molar-refractivity contribution in [3.05, 3.63) is 54.6 Å². The van der Waals surface area contributed by atoms with Gasteiger partial charge in [-0.1, -0.05) is 30.3 Å². The van der Waals surface area contributed by atoms with Crippen LogP contribution in [0.4, 0.5) is 4.79 Å². The second-order valence-corrected chi connectivity index (χ2v) is 5.69. The summed E-state index contributed by atoms with van der Waals surface area (Å²) in [5.74, 6) is 0. The highest BCUT2D eigenvalue weighted by atomic mass is 16.5. The predicted molar refractivity (Wildman–Crippen MR) is 86.9 cm³/mol. The third-order valence-electron chi connectivity index (χ3n) is 4.01. The Labute approximate surface area is 135 Å². The zero-order valence-corrected chi connectivity index (χ0v) is 13.0. The van der Waals surface area contributed by atoms with Crippen LogP contribution in [0.5, 0.6) is 0 Å². The molecule has 23 heavy (non-hydrogen) atoms. The summed E-state index contributed by atoms with van der Waals surface area (Å²) in [7, 11) is 0. The Hall–Kier alpha value is -2.34. The largest absolute Gasteiger partial charge is 0.373 e. The van der Waals surface area contributed by atoms with Crippen molar-refractivity contribution < 1.29 is 9.53 Å². The maximum Gasteiger partial charge on any atom is 0.315 e. The molecule has 0 bridgehead atoms. The first-order valence-electron chi connectivity index (χ1n) is 7.98. The SMILES string of the molecule is O=C(NCCn1ccnc1)NC1CCOC(c2ccccc2)C1. The Morgan fingerprint density at radius 1 is 1.35 bits per heavy atom. The fraction of sp³-hybridized carbons (Fsp3) is 0.412. The van der Waals surface area contributed by atoms with Gasteiger partial charge in [-0.3, -0.25) is 0 Å². The third-order valence-corrected chi connectivity index (χ3v) is 4.01. The lowest BCUT2D eigenvalue weighted by atomic mass is 9.97. The summed E-state index contributed by atoms with van der Waals surface area (Å²) in [5, 5.41) is 5.93. The van der Waals surface area contributed by atoms with Gasteiger partial charge in [0.25, 0.3) is 0 Å². The molecule has 6 nitrogen and oxygen atoms in total. The highest BCUT2D eigenvalue weighted by Gasteiger charge is 2.24. The van der Waals surface area contributed by atoms with Crippen LogP contribution < -0.4 is 10.6 Å². The van der Waals surface area contributed by atoms with E-state index in [2.05, 4.69) is 27.8 Å². The molecule has 2 heterocycles. The van der Waals surface area contributed by atoms with Crippen molar-refractivity contribution in [2.45, 2.75) is 31.5 Å². The molecule has 2 atom stereocenters. The van der Waals surface area contributed by atoms with Crippen molar-refractivity contribution in [1.82, 2.24) is 20.2 Å². The highest BCUT2D eigenvalue weighted by Crippen LogP contribution is 2.27. The fourth-order valence-electron chi connectivity index (χ4n) is 2.78. The van der Waals surface area contributed by atoms with Crippen LogP contribution in [-0.2, 0) is 11.3 Å². The Balaban J connectivity index is 1.43. The Kier molecular flexibility index (Phi) is 5.26.